The van der Waals surface area contributed by atoms with E-state index in [-0.39, 0.29) is 36.7 Å². The number of aromatic nitrogens is 2. The van der Waals surface area contributed by atoms with Crippen LogP contribution in [0.5, 0.6) is 0 Å². The molecule has 1 aliphatic carbocycles. The molecule has 10 nitrogen and oxygen atoms in total. The maximum Gasteiger partial charge on any atom is 0.243 e. The summed E-state index contributed by atoms with van der Waals surface area (Å²) in [7, 11) is 2.04. The highest BCUT2D eigenvalue weighted by Gasteiger charge is 2.31. The molecule has 3 N–H and O–H groups in total. The molecule has 0 bridgehead atoms. The van der Waals surface area contributed by atoms with Gasteiger partial charge in [0.2, 0.25) is 18.1 Å². The van der Waals surface area contributed by atoms with Crippen LogP contribution in [0.2, 0.25) is 0 Å². The molecule has 0 spiro atoms. The van der Waals surface area contributed by atoms with Crippen LogP contribution in [0, 0.1) is 24.6 Å². The van der Waals surface area contributed by atoms with Gasteiger partial charge in [0.15, 0.2) is 11.6 Å². The van der Waals surface area contributed by atoms with Gasteiger partial charge in [-0.15, -0.1) is 0 Å². The number of likely N-dealkylation sites (N-methyl/N-ethyl adjacent to an activating group) is 1. The van der Waals surface area contributed by atoms with Crippen molar-refractivity contribution >= 4 is 24.0 Å². The highest BCUT2D eigenvalue weighted by Crippen LogP contribution is 2.31. The first-order chi connectivity index (χ1) is 15.7. The molecule has 1 aromatic rings. The van der Waals surface area contributed by atoms with Crippen LogP contribution in [0.3, 0.4) is 0 Å². The molecular formula is C22H36FN7O3. The minimum absolute atomic E-state index is 0.0621. The van der Waals surface area contributed by atoms with Crippen molar-refractivity contribution in [2.45, 2.75) is 65.0 Å². The summed E-state index contributed by atoms with van der Waals surface area (Å²) in [5, 5.41) is 10.1. The van der Waals surface area contributed by atoms with Gasteiger partial charge in [0.05, 0.1) is 12.5 Å². The van der Waals surface area contributed by atoms with Crippen LogP contribution in [0.4, 0.5) is 16.0 Å². The van der Waals surface area contributed by atoms with Gasteiger partial charge in [0.1, 0.15) is 5.82 Å². The normalized spacial score (nSPS) is 22.8. The maximum absolute atomic E-state index is 15.4. The number of anilines is 2. The van der Waals surface area contributed by atoms with Crippen molar-refractivity contribution in [3.8, 4) is 0 Å². The van der Waals surface area contributed by atoms with E-state index in [2.05, 4.69) is 32.6 Å². The van der Waals surface area contributed by atoms with Crippen molar-refractivity contribution in [3.05, 3.63) is 11.6 Å². The number of aryl methyl sites for hydroxylation is 1. The third-order valence-corrected chi connectivity index (χ3v) is 6.81. The fourth-order valence-electron chi connectivity index (χ4n) is 4.82. The van der Waals surface area contributed by atoms with Gasteiger partial charge in [-0.3, -0.25) is 30.5 Å². The van der Waals surface area contributed by atoms with E-state index in [9.17, 15) is 14.8 Å². The molecule has 2 heterocycles. The number of nitrogens with one attached hydrogen (secondary N) is 2. The van der Waals surface area contributed by atoms with Crippen molar-refractivity contribution in [2.24, 2.45) is 11.8 Å². The van der Waals surface area contributed by atoms with Gasteiger partial charge in [-0.05, 0) is 40.2 Å². The monoisotopic (exact) mass is 465 g/mol. The largest absolute Gasteiger partial charge is 0.348 e. The van der Waals surface area contributed by atoms with Crippen LogP contribution in [0.25, 0.3) is 0 Å². The summed E-state index contributed by atoms with van der Waals surface area (Å²) in [6.45, 7) is 7.06. The number of carbonyl (C=O) groups excluding carboxylic acids is 2. The summed E-state index contributed by atoms with van der Waals surface area (Å²) in [5.41, 5.74) is 5.14. The topological polar surface area (TPSA) is 114 Å². The molecule has 3 atom stereocenters. The Hall–Kier alpha value is -2.53. The van der Waals surface area contributed by atoms with E-state index in [1.165, 1.54) is 0 Å². The number of amides is 2. The highest BCUT2D eigenvalue weighted by molar-refractivity contribution is 5.80. The lowest BCUT2D eigenvalue weighted by Gasteiger charge is -2.43. The molecule has 0 aromatic carbocycles. The van der Waals surface area contributed by atoms with E-state index in [4.69, 9.17) is 0 Å². The third-order valence-electron chi connectivity index (χ3n) is 6.81. The minimum Gasteiger partial charge on any atom is -0.348 e. The Bertz CT molecular complexity index is 836. The van der Waals surface area contributed by atoms with Gasteiger partial charge in [0.25, 0.3) is 0 Å². The molecule has 33 heavy (non-hydrogen) atoms. The standard InChI is InChI=1S/C22H36FN7O3/c1-14-11-30(15(2)10-28(14)4)21-19(23)20(24-16(3)25-21)26-27-22(32)18(12-29(33)13-31)9-17-7-5-6-8-17/h13-15,17-18,33H,5-12H2,1-4H3,(H,27,32)(H,24,25,26)/t14-,15-,18+/m1/s1. The lowest BCUT2D eigenvalue weighted by Crippen LogP contribution is -2.55. The number of hydrogen-bond acceptors (Lipinski definition) is 8. The van der Waals surface area contributed by atoms with Crippen molar-refractivity contribution in [2.75, 3.05) is 37.0 Å². The average molecular weight is 466 g/mol. The maximum atomic E-state index is 15.4. The van der Waals surface area contributed by atoms with Gasteiger partial charge in [-0.2, -0.15) is 4.39 Å². The number of halogens is 1. The third kappa shape index (κ3) is 6.29. The number of carbonyl (C=O) groups is 2. The average Bonchev–Trinajstić information content (AvgIpc) is 3.29. The van der Waals surface area contributed by atoms with Crippen molar-refractivity contribution in [3.63, 3.8) is 0 Å². The van der Waals surface area contributed by atoms with E-state index in [0.29, 0.717) is 29.8 Å². The molecule has 11 heteroatoms. The molecule has 2 aliphatic rings. The second kappa shape index (κ2) is 11.1. The van der Waals surface area contributed by atoms with Crippen LogP contribution in [0.15, 0.2) is 0 Å². The zero-order chi connectivity index (χ0) is 24.1. The van der Waals surface area contributed by atoms with Gasteiger partial charge < -0.3 is 4.90 Å². The molecule has 2 fully saturated rings. The van der Waals surface area contributed by atoms with Gasteiger partial charge in [-0.25, -0.2) is 15.0 Å². The van der Waals surface area contributed by atoms with Crippen LogP contribution >= 0.6 is 0 Å². The summed E-state index contributed by atoms with van der Waals surface area (Å²) in [6.07, 6.45) is 5.10. The Balaban J connectivity index is 1.72. The van der Waals surface area contributed by atoms with E-state index < -0.39 is 17.6 Å². The predicted octanol–water partition coefficient (Wildman–Crippen LogP) is 1.94. The summed E-state index contributed by atoms with van der Waals surface area (Å²) < 4.78 is 15.4. The minimum atomic E-state index is -0.631. The molecular weight excluding hydrogens is 429 g/mol. The quantitative estimate of drug-likeness (QED) is 0.288. The highest BCUT2D eigenvalue weighted by atomic mass is 19.1. The summed E-state index contributed by atoms with van der Waals surface area (Å²) in [4.78, 5) is 36.4. The number of nitrogens with zero attached hydrogens (tertiary/aromatic N) is 5. The van der Waals surface area contributed by atoms with Crippen LogP contribution in [-0.4, -0.2) is 76.2 Å². The van der Waals surface area contributed by atoms with E-state index >= 15 is 4.39 Å². The first-order valence-electron chi connectivity index (χ1n) is 11.7. The Kier molecular flexibility index (Phi) is 8.41. The van der Waals surface area contributed by atoms with E-state index in [0.717, 1.165) is 32.2 Å². The predicted molar refractivity (Wildman–Crippen MR) is 122 cm³/mol. The molecule has 1 aromatic heterocycles. The molecule has 1 aliphatic heterocycles. The number of hydroxylamine groups is 2. The van der Waals surface area contributed by atoms with Crippen molar-refractivity contribution in [1.82, 2.24) is 25.4 Å². The number of hydrogen-bond donors (Lipinski definition) is 3. The van der Waals surface area contributed by atoms with Gasteiger partial charge >= 0.3 is 0 Å². The van der Waals surface area contributed by atoms with E-state index in [1.54, 1.807) is 6.92 Å². The molecule has 1 saturated carbocycles. The smallest absolute Gasteiger partial charge is 0.243 e. The zero-order valence-electron chi connectivity index (χ0n) is 19.9. The Morgan fingerprint density at radius 2 is 1.97 bits per heavy atom. The first kappa shape index (κ1) is 25.1. The second-order valence-corrected chi connectivity index (χ2v) is 9.47. The van der Waals surface area contributed by atoms with Gasteiger partial charge in [-0.1, -0.05) is 25.7 Å². The summed E-state index contributed by atoms with van der Waals surface area (Å²) >= 11 is 0. The summed E-state index contributed by atoms with van der Waals surface area (Å²) in [6, 6.07) is 0.301. The molecule has 184 valence electrons. The number of hydrazine groups is 1. The Morgan fingerprint density at radius 3 is 2.64 bits per heavy atom. The van der Waals surface area contributed by atoms with Crippen molar-refractivity contribution < 1.29 is 19.2 Å². The van der Waals surface area contributed by atoms with Crippen LogP contribution < -0.4 is 15.8 Å². The van der Waals surface area contributed by atoms with Crippen molar-refractivity contribution in [1.29, 1.82) is 0 Å². The first-order valence-corrected chi connectivity index (χ1v) is 11.7. The SMILES string of the molecule is Cc1nc(NNC(=O)[C@@H](CC2CCCC2)CN(O)C=O)c(F)c(N2C[C@@H](C)N(C)C[C@H]2C)n1. The lowest BCUT2D eigenvalue weighted by molar-refractivity contribution is -0.154. The number of rotatable bonds is 9. The zero-order valence-corrected chi connectivity index (χ0v) is 19.9. The fraction of sp³-hybridized carbons (Fsp3) is 0.727. The molecule has 0 radical (unpaired) electrons. The molecule has 3 rings (SSSR count). The Labute approximate surface area is 194 Å². The Morgan fingerprint density at radius 1 is 1.27 bits per heavy atom. The van der Waals surface area contributed by atoms with E-state index in [1.807, 2.05) is 18.9 Å². The molecule has 1 saturated heterocycles. The lowest BCUT2D eigenvalue weighted by atomic mass is 9.92. The van der Waals surface area contributed by atoms with Gasteiger partial charge in [0, 0.05) is 25.2 Å². The molecule has 2 amide bonds. The van der Waals surface area contributed by atoms with Crippen LogP contribution in [-0.2, 0) is 9.59 Å². The van der Waals surface area contributed by atoms with Crippen LogP contribution in [0.1, 0.15) is 51.8 Å². The number of piperazine rings is 1. The second-order valence-electron chi connectivity index (χ2n) is 9.47. The fourth-order valence-corrected chi connectivity index (χ4v) is 4.82. The summed E-state index contributed by atoms with van der Waals surface area (Å²) in [5.74, 6) is -0.842. The molecule has 0 unspecified atom stereocenters.